The van der Waals surface area contributed by atoms with Gasteiger partial charge in [0.05, 0.1) is 12.5 Å². The SMILES string of the molecule is CCOC(=O)C(C)CNC(=O)c1ccc(CN)cc1.Cl. The van der Waals surface area contributed by atoms with E-state index in [0.717, 1.165) is 5.56 Å². The van der Waals surface area contributed by atoms with E-state index in [2.05, 4.69) is 5.32 Å². The van der Waals surface area contributed by atoms with Gasteiger partial charge in [0.1, 0.15) is 0 Å². The summed E-state index contributed by atoms with van der Waals surface area (Å²) in [5.74, 6) is -0.867. The highest BCUT2D eigenvalue weighted by atomic mass is 35.5. The maximum absolute atomic E-state index is 11.8. The largest absolute Gasteiger partial charge is 0.466 e. The third kappa shape index (κ3) is 5.59. The van der Waals surface area contributed by atoms with Crippen LogP contribution in [0.5, 0.6) is 0 Å². The van der Waals surface area contributed by atoms with Crippen molar-refractivity contribution in [3.63, 3.8) is 0 Å². The number of rotatable bonds is 6. The highest BCUT2D eigenvalue weighted by Gasteiger charge is 2.15. The molecule has 0 bridgehead atoms. The van der Waals surface area contributed by atoms with Crippen molar-refractivity contribution in [3.8, 4) is 0 Å². The van der Waals surface area contributed by atoms with Crippen LogP contribution in [0.4, 0.5) is 0 Å². The normalized spacial score (nSPS) is 11.2. The van der Waals surface area contributed by atoms with Gasteiger partial charge in [-0.2, -0.15) is 0 Å². The Kier molecular flexibility index (Phi) is 8.59. The van der Waals surface area contributed by atoms with E-state index in [1.54, 1.807) is 26.0 Å². The molecule has 1 aromatic rings. The molecular formula is C14H21ClN2O3. The Hall–Kier alpha value is -1.59. The quantitative estimate of drug-likeness (QED) is 0.780. The lowest BCUT2D eigenvalue weighted by atomic mass is 10.1. The molecule has 20 heavy (non-hydrogen) atoms. The molecule has 3 N–H and O–H groups in total. The van der Waals surface area contributed by atoms with Crippen molar-refractivity contribution >= 4 is 24.3 Å². The van der Waals surface area contributed by atoms with Crippen LogP contribution in [0.3, 0.4) is 0 Å². The molecule has 1 aromatic carbocycles. The number of amides is 1. The van der Waals surface area contributed by atoms with Crippen LogP contribution in [0.25, 0.3) is 0 Å². The number of carbonyl (C=O) groups is 2. The maximum Gasteiger partial charge on any atom is 0.310 e. The minimum atomic E-state index is -0.354. The first-order valence-corrected chi connectivity index (χ1v) is 6.32. The van der Waals surface area contributed by atoms with Crippen LogP contribution in [-0.2, 0) is 16.1 Å². The van der Waals surface area contributed by atoms with E-state index < -0.39 is 0 Å². The summed E-state index contributed by atoms with van der Waals surface area (Å²) in [6.45, 7) is 4.52. The van der Waals surface area contributed by atoms with Crippen LogP contribution in [0.15, 0.2) is 24.3 Å². The molecule has 0 aliphatic rings. The summed E-state index contributed by atoms with van der Waals surface area (Å²) in [4.78, 5) is 23.2. The van der Waals surface area contributed by atoms with E-state index in [-0.39, 0.29) is 36.7 Å². The summed E-state index contributed by atoms with van der Waals surface area (Å²) >= 11 is 0. The number of esters is 1. The Morgan fingerprint density at radius 2 is 1.90 bits per heavy atom. The summed E-state index contributed by atoms with van der Waals surface area (Å²) in [5.41, 5.74) is 7.00. The van der Waals surface area contributed by atoms with Gasteiger partial charge >= 0.3 is 5.97 Å². The average Bonchev–Trinajstić information content (AvgIpc) is 2.44. The first kappa shape index (κ1) is 18.4. The van der Waals surface area contributed by atoms with Crippen LogP contribution in [0.1, 0.15) is 29.8 Å². The van der Waals surface area contributed by atoms with Gasteiger partial charge in [0.2, 0.25) is 0 Å². The lowest BCUT2D eigenvalue weighted by Gasteiger charge is -2.11. The maximum atomic E-state index is 11.8. The van der Waals surface area contributed by atoms with E-state index in [9.17, 15) is 9.59 Å². The third-order valence-electron chi connectivity index (χ3n) is 2.71. The molecule has 1 unspecified atom stereocenters. The second kappa shape index (κ2) is 9.34. The van der Waals surface area contributed by atoms with Crippen LogP contribution in [0, 0.1) is 5.92 Å². The zero-order valence-electron chi connectivity index (χ0n) is 11.7. The summed E-state index contributed by atoms with van der Waals surface area (Å²) in [5, 5.41) is 2.70. The summed E-state index contributed by atoms with van der Waals surface area (Å²) in [6, 6.07) is 7.05. The van der Waals surface area contributed by atoms with Crippen molar-refractivity contribution in [2.45, 2.75) is 20.4 Å². The molecule has 1 rings (SSSR count). The van der Waals surface area contributed by atoms with Gasteiger partial charge in [0, 0.05) is 18.7 Å². The Morgan fingerprint density at radius 3 is 2.40 bits per heavy atom. The number of halogens is 1. The number of carbonyl (C=O) groups excluding carboxylic acids is 2. The zero-order valence-corrected chi connectivity index (χ0v) is 12.5. The smallest absolute Gasteiger partial charge is 0.310 e. The van der Waals surface area contributed by atoms with Crippen LogP contribution in [-0.4, -0.2) is 25.0 Å². The molecule has 0 heterocycles. The monoisotopic (exact) mass is 300 g/mol. The lowest BCUT2D eigenvalue weighted by molar-refractivity contribution is -0.147. The number of ether oxygens (including phenoxy) is 1. The average molecular weight is 301 g/mol. The number of nitrogens with one attached hydrogen (secondary N) is 1. The van der Waals surface area contributed by atoms with Crippen molar-refractivity contribution in [1.29, 1.82) is 0 Å². The Labute approximate surface area is 125 Å². The minimum Gasteiger partial charge on any atom is -0.466 e. The molecule has 0 radical (unpaired) electrons. The lowest BCUT2D eigenvalue weighted by Crippen LogP contribution is -2.32. The van der Waals surface area contributed by atoms with Crippen LogP contribution < -0.4 is 11.1 Å². The fraction of sp³-hybridized carbons (Fsp3) is 0.429. The van der Waals surface area contributed by atoms with Gasteiger partial charge in [-0.3, -0.25) is 9.59 Å². The molecular weight excluding hydrogens is 280 g/mol. The molecule has 0 fully saturated rings. The van der Waals surface area contributed by atoms with Crippen molar-refractivity contribution in [2.24, 2.45) is 11.7 Å². The highest BCUT2D eigenvalue weighted by molar-refractivity contribution is 5.94. The minimum absolute atomic E-state index is 0. The molecule has 0 aromatic heterocycles. The van der Waals surface area contributed by atoms with Gasteiger partial charge < -0.3 is 15.8 Å². The van der Waals surface area contributed by atoms with E-state index in [1.807, 2.05) is 12.1 Å². The molecule has 0 aliphatic heterocycles. The van der Waals surface area contributed by atoms with Crippen molar-refractivity contribution < 1.29 is 14.3 Å². The number of hydrogen-bond acceptors (Lipinski definition) is 4. The molecule has 1 atom stereocenters. The molecule has 112 valence electrons. The summed E-state index contributed by atoms with van der Waals surface area (Å²) in [6.07, 6.45) is 0. The molecule has 0 saturated carbocycles. The van der Waals surface area contributed by atoms with Gasteiger partial charge in [0.25, 0.3) is 5.91 Å². The first-order chi connectivity index (χ1) is 9.08. The topological polar surface area (TPSA) is 81.4 Å². The van der Waals surface area contributed by atoms with Crippen molar-refractivity contribution in [1.82, 2.24) is 5.32 Å². The second-order valence-electron chi connectivity index (χ2n) is 4.26. The predicted molar refractivity (Wildman–Crippen MR) is 79.7 cm³/mol. The van der Waals surface area contributed by atoms with Crippen molar-refractivity contribution in [3.05, 3.63) is 35.4 Å². The predicted octanol–water partition coefficient (Wildman–Crippen LogP) is 1.50. The van der Waals surface area contributed by atoms with Gasteiger partial charge in [-0.25, -0.2) is 0 Å². The molecule has 5 nitrogen and oxygen atoms in total. The van der Waals surface area contributed by atoms with E-state index in [0.29, 0.717) is 18.7 Å². The first-order valence-electron chi connectivity index (χ1n) is 6.32. The van der Waals surface area contributed by atoms with E-state index in [4.69, 9.17) is 10.5 Å². The Balaban J connectivity index is 0.00000361. The molecule has 6 heteroatoms. The molecule has 0 spiro atoms. The Morgan fingerprint density at radius 1 is 1.30 bits per heavy atom. The summed E-state index contributed by atoms with van der Waals surface area (Å²) < 4.78 is 4.87. The highest BCUT2D eigenvalue weighted by Crippen LogP contribution is 2.04. The standard InChI is InChI=1S/C14H20N2O3.ClH/c1-3-19-14(18)10(2)9-16-13(17)12-6-4-11(8-15)5-7-12;/h4-7,10H,3,8-9,15H2,1-2H3,(H,16,17);1H. The second-order valence-corrected chi connectivity index (χ2v) is 4.26. The van der Waals surface area contributed by atoms with Crippen LogP contribution in [0.2, 0.25) is 0 Å². The molecule has 0 aliphatic carbocycles. The molecule has 0 saturated heterocycles. The molecule has 1 amide bonds. The van der Waals surface area contributed by atoms with Gasteiger partial charge in [0.15, 0.2) is 0 Å². The van der Waals surface area contributed by atoms with Gasteiger partial charge in [-0.1, -0.05) is 19.1 Å². The third-order valence-corrected chi connectivity index (χ3v) is 2.71. The summed E-state index contributed by atoms with van der Waals surface area (Å²) in [7, 11) is 0. The fourth-order valence-corrected chi connectivity index (χ4v) is 1.51. The van der Waals surface area contributed by atoms with Gasteiger partial charge in [-0.15, -0.1) is 12.4 Å². The Bertz CT molecular complexity index is 435. The fourth-order valence-electron chi connectivity index (χ4n) is 1.51. The van der Waals surface area contributed by atoms with Crippen molar-refractivity contribution in [2.75, 3.05) is 13.2 Å². The van der Waals surface area contributed by atoms with Crippen LogP contribution >= 0.6 is 12.4 Å². The van der Waals surface area contributed by atoms with Gasteiger partial charge in [-0.05, 0) is 24.6 Å². The van der Waals surface area contributed by atoms with E-state index in [1.165, 1.54) is 0 Å². The number of nitrogens with two attached hydrogens (primary N) is 1. The van der Waals surface area contributed by atoms with E-state index >= 15 is 0 Å². The number of hydrogen-bond donors (Lipinski definition) is 2. The number of benzene rings is 1. The zero-order chi connectivity index (χ0) is 14.3.